The highest BCUT2D eigenvalue weighted by atomic mass is 16.3. The van der Waals surface area contributed by atoms with Crippen LogP contribution in [0, 0.1) is 0 Å². The minimum absolute atomic E-state index is 0.587. The summed E-state index contributed by atoms with van der Waals surface area (Å²) in [5.41, 5.74) is 12.5. The molecule has 0 spiro atoms. The minimum Gasteiger partial charge on any atom is -0.455 e. The second-order valence-electron chi connectivity index (χ2n) is 13.7. The third-order valence-electron chi connectivity index (χ3n) is 10.3. The second kappa shape index (κ2) is 13.0. The van der Waals surface area contributed by atoms with Crippen molar-refractivity contribution in [2.75, 3.05) is 0 Å². The Labute approximate surface area is 320 Å². The van der Waals surface area contributed by atoms with Gasteiger partial charge in [-0.3, -0.25) is 0 Å². The molecule has 4 aromatic heterocycles. The number of hydrogen-bond donors (Lipinski definition) is 0. The summed E-state index contributed by atoms with van der Waals surface area (Å²) < 4.78 is 13.2. The van der Waals surface area contributed by atoms with Crippen LogP contribution in [-0.4, -0.2) is 24.9 Å². The summed E-state index contributed by atoms with van der Waals surface area (Å²) in [5.74, 6) is 1.18. The van der Waals surface area contributed by atoms with Crippen LogP contribution in [0.25, 0.3) is 111 Å². The maximum absolute atomic E-state index is 6.58. The molecule has 11 aromatic rings. The van der Waals surface area contributed by atoms with Gasteiger partial charge < -0.3 is 8.83 Å². The molecule has 7 aromatic carbocycles. The SMILES string of the molecule is c1ccc(-c2cc(-c3cccc(-c4ncncn4)c3)nc(-c3cc(-c4cccc5c4oc4ccccc45)cc(-c4cccc5c4oc4ccccc45)c3)n2)cc1. The minimum atomic E-state index is 0.587. The predicted molar refractivity (Wildman–Crippen MR) is 223 cm³/mol. The van der Waals surface area contributed by atoms with E-state index in [1.165, 1.54) is 12.7 Å². The maximum atomic E-state index is 6.58. The zero-order valence-electron chi connectivity index (χ0n) is 29.8. The van der Waals surface area contributed by atoms with Crippen molar-refractivity contribution in [1.29, 1.82) is 0 Å². The van der Waals surface area contributed by atoms with Gasteiger partial charge in [0, 0.05) is 54.9 Å². The van der Waals surface area contributed by atoms with Crippen LogP contribution in [0.4, 0.5) is 0 Å². The van der Waals surface area contributed by atoms with Crippen molar-refractivity contribution in [3.63, 3.8) is 0 Å². The van der Waals surface area contributed by atoms with Gasteiger partial charge in [-0.05, 0) is 53.6 Å². The molecule has 0 radical (unpaired) electrons. The van der Waals surface area contributed by atoms with E-state index >= 15 is 0 Å². The van der Waals surface area contributed by atoms with Crippen LogP contribution in [-0.2, 0) is 0 Å². The van der Waals surface area contributed by atoms with Gasteiger partial charge in [-0.1, -0.05) is 121 Å². The first-order chi connectivity index (χ1) is 27.7. The fourth-order valence-electron chi connectivity index (χ4n) is 7.70. The summed E-state index contributed by atoms with van der Waals surface area (Å²) in [6, 6.07) is 55.9. The number of hydrogen-bond acceptors (Lipinski definition) is 7. The fourth-order valence-corrected chi connectivity index (χ4v) is 7.70. The van der Waals surface area contributed by atoms with Crippen LogP contribution in [0.2, 0.25) is 0 Å². The largest absolute Gasteiger partial charge is 0.455 e. The third kappa shape index (κ3) is 5.41. The van der Waals surface area contributed by atoms with Gasteiger partial charge in [0.05, 0.1) is 11.4 Å². The smallest absolute Gasteiger partial charge is 0.162 e. The molecule has 0 saturated carbocycles. The number of benzene rings is 7. The molecule has 56 heavy (non-hydrogen) atoms. The van der Waals surface area contributed by atoms with E-state index in [0.717, 1.165) is 99.8 Å². The highest BCUT2D eigenvalue weighted by Gasteiger charge is 2.19. The van der Waals surface area contributed by atoms with Gasteiger partial charge in [-0.15, -0.1) is 0 Å². The molecule has 11 rings (SSSR count). The van der Waals surface area contributed by atoms with Gasteiger partial charge in [0.25, 0.3) is 0 Å². The lowest BCUT2D eigenvalue weighted by atomic mass is 9.93. The van der Waals surface area contributed by atoms with Crippen molar-refractivity contribution < 1.29 is 8.83 Å². The molecule has 0 fully saturated rings. The summed E-state index contributed by atoms with van der Waals surface area (Å²) in [6.45, 7) is 0. The monoisotopic (exact) mass is 719 g/mol. The standard InChI is InChI=1S/C49H29N5O2/c1-2-11-30(12-3-1)42-27-43(31-13-8-14-32(23-31)48-51-28-50-29-52-48)54-49(53-42)35-25-33(36-17-9-19-40-38-15-4-6-21-44(38)55-46(36)40)24-34(26-35)37-18-10-20-41-39-16-5-7-22-45(39)56-47(37)41/h1-29H. The molecule has 0 aliphatic rings. The van der Waals surface area contributed by atoms with Gasteiger partial charge in [0.1, 0.15) is 35.0 Å². The van der Waals surface area contributed by atoms with Crippen molar-refractivity contribution >= 4 is 43.9 Å². The van der Waals surface area contributed by atoms with Gasteiger partial charge in [-0.2, -0.15) is 0 Å². The first-order valence-corrected chi connectivity index (χ1v) is 18.4. The van der Waals surface area contributed by atoms with Crippen LogP contribution >= 0.6 is 0 Å². The van der Waals surface area contributed by atoms with Crippen molar-refractivity contribution in [1.82, 2.24) is 24.9 Å². The average Bonchev–Trinajstić information content (AvgIpc) is 3.86. The fraction of sp³-hybridized carbons (Fsp3) is 0. The molecule has 0 aliphatic heterocycles. The van der Waals surface area contributed by atoms with Crippen molar-refractivity contribution in [3.05, 3.63) is 176 Å². The molecule has 262 valence electrons. The van der Waals surface area contributed by atoms with Crippen LogP contribution in [0.3, 0.4) is 0 Å². The number of para-hydroxylation sites is 4. The van der Waals surface area contributed by atoms with Crippen molar-refractivity contribution in [2.45, 2.75) is 0 Å². The van der Waals surface area contributed by atoms with Crippen molar-refractivity contribution in [3.8, 4) is 67.5 Å². The average molecular weight is 720 g/mol. The predicted octanol–water partition coefficient (Wildman–Crippen LogP) is 12.5. The molecular weight excluding hydrogens is 691 g/mol. The Bertz CT molecular complexity index is 3130. The molecule has 7 nitrogen and oxygen atoms in total. The van der Waals surface area contributed by atoms with Gasteiger partial charge in [0.2, 0.25) is 0 Å². The lowest BCUT2D eigenvalue weighted by molar-refractivity contribution is 0.670. The van der Waals surface area contributed by atoms with E-state index in [-0.39, 0.29) is 0 Å². The third-order valence-corrected chi connectivity index (χ3v) is 10.3. The van der Waals surface area contributed by atoms with E-state index in [4.69, 9.17) is 18.8 Å². The van der Waals surface area contributed by atoms with Gasteiger partial charge in [-0.25, -0.2) is 24.9 Å². The Hall–Kier alpha value is -7.77. The summed E-state index contributed by atoms with van der Waals surface area (Å²) in [7, 11) is 0. The van der Waals surface area contributed by atoms with Crippen molar-refractivity contribution in [2.24, 2.45) is 0 Å². The molecule has 0 saturated heterocycles. The van der Waals surface area contributed by atoms with Gasteiger partial charge in [0.15, 0.2) is 11.6 Å². The molecule has 0 N–H and O–H groups in total. The van der Waals surface area contributed by atoms with E-state index in [1.54, 1.807) is 0 Å². The summed E-state index contributed by atoms with van der Waals surface area (Å²) >= 11 is 0. The first-order valence-electron chi connectivity index (χ1n) is 18.4. The Morgan fingerprint density at radius 1 is 0.339 bits per heavy atom. The van der Waals surface area contributed by atoms with E-state index in [1.807, 2.05) is 72.8 Å². The lowest BCUT2D eigenvalue weighted by Crippen LogP contribution is -1.97. The van der Waals surface area contributed by atoms with E-state index in [2.05, 4.69) is 106 Å². The maximum Gasteiger partial charge on any atom is 0.162 e. The summed E-state index contributed by atoms with van der Waals surface area (Å²) in [6.07, 6.45) is 3.02. The van der Waals surface area contributed by atoms with Crippen LogP contribution in [0.15, 0.2) is 185 Å². The molecule has 0 amide bonds. The summed E-state index contributed by atoms with van der Waals surface area (Å²) in [5, 5.41) is 4.28. The molecule has 0 aliphatic carbocycles. The summed E-state index contributed by atoms with van der Waals surface area (Å²) in [4.78, 5) is 23.3. The molecule has 0 atom stereocenters. The van der Waals surface area contributed by atoms with Crippen LogP contribution in [0.5, 0.6) is 0 Å². The Morgan fingerprint density at radius 3 is 1.46 bits per heavy atom. The lowest BCUT2D eigenvalue weighted by Gasteiger charge is -2.14. The van der Waals surface area contributed by atoms with Crippen LogP contribution in [0.1, 0.15) is 0 Å². The van der Waals surface area contributed by atoms with E-state index in [0.29, 0.717) is 11.6 Å². The first kappa shape index (κ1) is 31.7. The molecular formula is C49H29N5O2. The zero-order valence-corrected chi connectivity index (χ0v) is 29.8. The number of furan rings is 2. The number of fused-ring (bicyclic) bond motifs is 6. The van der Waals surface area contributed by atoms with Gasteiger partial charge >= 0.3 is 0 Å². The number of aromatic nitrogens is 5. The molecule has 7 heteroatoms. The van der Waals surface area contributed by atoms with E-state index < -0.39 is 0 Å². The quantitative estimate of drug-likeness (QED) is 0.169. The van der Waals surface area contributed by atoms with Crippen LogP contribution < -0.4 is 0 Å². The van der Waals surface area contributed by atoms with E-state index in [9.17, 15) is 0 Å². The number of nitrogens with zero attached hydrogens (tertiary/aromatic N) is 5. The molecule has 0 bridgehead atoms. The Morgan fingerprint density at radius 2 is 0.821 bits per heavy atom. The zero-order chi connectivity index (χ0) is 37.0. The number of rotatable bonds is 6. The highest BCUT2D eigenvalue weighted by molar-refractivity contribution is 6.11. The topological polar surface area (TPSA) is 90.7 Å². The Kier molecular flexibility index (Phi) is 7.35. The second-order valence-corrected chi connectivity index (χ2v) is 13.7. The normalized spacial score (nSPS) is 11.6. The highest BCUT2D eigenvalue weighted by Crippen LogP contribution is 2.42. The molecule has 0 unspecified atom stereocenters. The Balaban J connectivity index is 1.17. The molecule has 4 heterocycles.